The topological polar surface area (TPSA) is 43.8 Å². The average molecular weight is 239 g/mol. The summed E-state index contributed by atoms with van der Waals surface area (Å²) in [6.45, 7) is 5.00. The van der Waals surface area contributed by atoms with Crippen LogP contribution >= 0.6 is 11.8 Å². The van der Waals surface area contributed by atoms with Crippen LogP contribution in [0.3, 0.4) is 0 Å². The fourth-order valence-electron chi connectivity index (χ4n) is 2.48. The second-order valence-electron chi connectivity index (χ2n) is 4.50. The van der Waals surface area contributed by atoms with Gasteiger partial charge in [-0.05, 0) is 51.0 Å². The molecule has 4 heteroatoms. The molecule has 90 valence electrons. The van der Waals surface area contributed by atoms with Gasteiger partial charge in [0.2, 0.25) is 0 Å². The molecule has 1 unspecified atom stereocenters. The van der Waals surface area contributed by atoms with Gasteiger partial charge in [-0.3, -0.25) is 4.68 Å². The van der Waals surface area contributed by atoms with Gasteiger partial charge < -0.3 is 5.73 Å². The van der Waals surface area contributed by atoms with Crippen molar-refractivity contribution in [3.8, 4) is 0 Å². The molecule has 2 rings (SSSR count). The molecule has 1 aromatic rings. The largest absolute Gasteiger partial charge is 0.330 e. The summed E-state index contributed by atoms with van der Waals surface area (Å²) in [6.07, 6.45) is 3.55. The van der Waals surface area contributed by atoms with Gasteiger partial charge >= 0.3 is 0 Å². The van der Waals surface area contributed by atoms with E-state index in [-0.39, 0.29) is 0 Å². The van der Waals surface area contributed by atoms with Gasteiger partial charge in [0.1, 0.15) is 0 Å². The number of hydrogen-bond donors (Lipinski definition) is 1. The van der Waals surface area contributed by atoms with Crippen molar-refractivity contribution < 1.29 is 0 Å². The average Bonchev–Trinajstić information content (AvgIpc) is 2.59. The minimum atomic E-state index is 0.601. The molecule has 2 N–H and O–H groups in total. The fourth-order valence-corrected chi connectivity index (χ4v) is 3.59. The van der Waals surface area contributed by atoms with E-state index >= 15 is 0 Å². The van der Waals surface area contributed by atoms with Crippen LogP contribution in [0.1, 0.15) is 35.8 Å². The van der Waals surface area contributed by atoms with E-state index in [4.69, 9.17) is 10.8 Å². The molecule has 1 saturated heterocycles. The first-order valence-corrected chi connectivity index (χ1v) is 7.22. The zero-order chi connectivity index (χ0) is 11.5. The molecule has 1 aliphatic heterocycles. The van der Waals surface area contributed by atoms with E-state index in [1.807, 2.05) is 11.8 Å². The third-order valence-corrected chi connectivity index (χ3v) is 4.55. The van der Waals surface area contributed by atoms with Crippen molar-refractivity contribution in [2.24, 2.45) is 5.73 Å². The second kappa shape index (κ2) is 5.23. The Bertz CT molecular complexity index is 353. The maximum absolute atomic E-state index is 5.64. The van der Waals surface area contributed by atoms with Gasteiger partial charge in [0.25, 0.3) is 0 Å². The maximum atomic E-state index is 5.64. The minimum Gasteiger partial charge on any atom is -0.330 e. The lowest BCUT2D eigenvalue weighted by Gasteiger charge is -2.23. The van der Waals surface area contributed by atoms with E-state index in [9.17, 15) is 0 Å². The first-order chi connectivity index (χ1) is 7.74. The molecule has 2 heterocycles. The van der Waals surface area contributed by atoms with Gasteiger partial charge in [0.15, 0.2) is 0 Å². The Hall–Kier alpha value is -0.480. The fraction of sp³-hybridized carbons (Fsp3) is 0.750. The molecule has 0 spiro atoms. The number of hydrogen-bond acceptors (Lipinski definition) is 3. The van der Waals surface area contributed by atoms with E-state index < -0.39 is 0 Å². The van der Waals surface area contributed by atoms with Crippen LogP contribution in [0.4, 0.5) is 0 Å². The van der Waals surface area contributed by atoms with E-state index in [2.05, 4.69) is 18.5 Å². The highest BCUT2D eigenvalue weighted by atomic mass is 32.2. The molecule has 0 radical (unpaired) electrons. The lowest BCUT2D eigenvalue weighted by atomic mass is 10.1. The number of nitrogens with two attached hydrogens (primary N) is 1. The predicted octanol–water partition coefficient (Wildman–Crippen LogP) is 2.07. The van der Waals surface area contributed by atoms with Crippen molar-refractivity contribution in [3.05, 3.63) is 17.0 Å². The summed E-state index contributed by atoms with van der Waals surface area (Å²) >= 11 is 2.05. The maximum Gasteiger partial charge on any atom is 0.0629 e. The van der Waals surface area contributed by atoms with E-state index in [1.165, 1.54) is 41.3 Å². The van der Waals surface area contributed by atoms with Crippen LogP contribution in [0, 0.1) is 13.8 Å². The summed E-state index contributed by atoms with van der Waals surface area (Å²) in [6, 6.07) is 0.601. The SMILES string of the molecule is Cc1nn(C2CCCSC2)c(C)c1CCN. The van der Waals surface area contributed by atoms with Gasteiger partial charge in [-0.1, -0.05) is 0 Å². The summed E-state index contributed by atoms with van der Waals surface area (Å²) in [7, 11) is 0. The monoisotopic (exact) mass is 239 g/mol. The molecule has 0 aliphatic carbocycles. The molecule has 0 amide bonds. The highest BCUT2D eigenvalue weighted by Gasteiger charge is 2.20. The second-order valence-corrected chi connectivity index (χ2v) is 5.65. The van der Waals surface area contributed by atoms with Crippen molar-refractivity contribution in [1.29, 1.82) is 0 Å². The third-order valence-electron chi connectivity index (χ3n) is 3.35. The van der Waals surface area contributed by atoms with Crippen molar-refractivity contribution in [2.45, 2.75) is 39.2 Å². The van der Waals surface area contributed by atoms with Gasteiger partial charge in [-0.25, -0.2) is 0 Å². The van der Waals surface area contributed by atoms with Gasteiger partial charge in [-0.15, -0.1) is 0 Å². The number of rotatable bonds is 3. The van der Waals surface area contributed by atoms with Crippen molar-refractivity contribution in [1.82, 2.24) is 9.78 Å². The van der Waals surface area contributed by atoms with Gasteiger partial charge in [0, 0.05) is 11.4 Å². The number of aromatic nitrogens is 2. The first-order valence-electron chi connectivity index (χ1n) is 6.06. The summed E-state index contributed by atoms with van der Waals surface area (Å²) in [5.41, 5.74) is 9.50. The highest BCUT2D eigenvalue weighted by molar-refractivity contribution is 7.99. The quantitative estimate of drug-likeness (QED) is 0.878. The Kier molecular flexibility index (Phi) is 3.92. The van der Waals surface area contributed by atoms with Crippen LogP contribution < -0.4 is 5.73 Å². The molecular weight excluding hydrogens is 218 g/mol. The third kappa shape index (κ3) is 2.28. The van der Waals surface area contributed by atoms with Crippen molar-refractivity contribution >= 4 is 11.8 Å². The molecule has 0 saturated carbocycles. The standard InChI is InChI=1S/C12H21N3S/c1-9-12(5-6-13)10(2)15(14-9)11-4-3-7-16-8-11/h11H,3-8,13H2,1-2H3. The number of thioether (sulfide) groups is 1. The Labute approximate surface area is 102 Å². The normalized spacial score (nSPS) is 21.3. The van der Waals surface area contributed by atoms with Crippen molar-refractivity contribution in [3.63, 3.8) is 0 Å². The first kappa shape index (κ1) is 12.0. The molecule has 1 fully saturated rings. The molecular formula is C12H21N3S. The lowest BCUT2D eigenvalue weighted by molar-refractivity contribution is 0.443. The van der Waals surface area contributed by atoms with Gasteiger partial charge in [0.05, 0.1) is 11.7 Å². The predicted molar refractivity (Wildman–Crippen MR) is 70.1 cm³/mol. The number of aryl methyl sites for hydroxylation is 1. The smallest absolute Gasteiger partial charge is 0.0629 e. The van der Waals surface area contributed by atoms with Crippen LogP contribution in [-0.4, -0.2) is 27.8 Å². The Morgan fingerprint density at radius 1 is 1.50 bits per heavy atom. The Morgan fingerprint density at radius 3 is 2.94 bits per heavy atom. The summed E-state index contributed by atoms with van der Waals surface area (Å²) in [5.74, 6) is 2.52. The molecule has 16 heavy (non-hydrogen) atoms. The highest BCUT2D eigenvalue weighted by Crippen LogP contribution is 2.28. The zero-order valence-corrected chi connectivity index (χ0v) is 11.0. The Morgan fingerprint density at radius 2 is 2.31 bits per heavy atom. The molecule has 1 atom stereocenters. The summed E-state index contributed by atoms with van der Waals surface area (Å²) in [5, 5.41) is 4.70. The Balaban J connectivity index is 2.23. The molecule has 0 aromatic carbocycles. The van der Waals surface area contributed by atoms with Gasteiger partial charge in [-0.2, -0.15) is 16.9 Å². The molecule has 0 bridgehead atoms. The van der Waals surface area contributed by atoms with E-state index in [0.717, 1.165) is 6.42 Å². The van der Waals surface area contributed by atoms with Crippen LogP contribution in [0.2, 0.25) is 0 Å². The summed E-state index contributed by atoms with van der Waals surface area (Å²) < 4.78 is 2.24. The molecule has 1 aromatic heterocycles. The van der Waals surface area contributed by atoms with Crippen LogP contribution in [0.25, 0.3) is 0 Å². The van der Waals surface area contributed by atoms with E-state index in [0.29, 0.717) is 12.6 Å². The minimum absolute atomic E-state index is 0.601. The molecule has 3 nitrogen and oxygen atoms in total. The molecule has 1 aliphatic rings. The van der Waals surface area contributed by atoms with Crippen LogP contribution in [0.15, 0.2) is 0 Å². The number of nitrogens with zero attached hydrogens (tertiary/aromatic N) is 2. The zero-order valence-electron chi connectivity index (χ0n) is 10.2. The van der Waals surface area contributed by atoms with Crippen LogP contribution in [-0.2, 0) is 6.42 Å². The van der Waals surface area contributed by atoms with Crippen LogP contribution in [0.5, 0.6) is 0 Å². The lowest BCUT2D eigenvalue weighted by Crippen LogP contribution is -2.18. The van der Waals surface area contributed by atoms with Crippen molar-refractivity contribution in [2.75, 3.05) is 18.1 Å². The van der Waals surface area contributed by atoms with E-state index in [1.54, 1.807) is 0 Å². The summed E-state index contributed by atoms with van der Waals surface area (Å²) in [4.78, 5) is 0.